The number of hydroxylamine groups is 1. The minimum absolute atomic E-state index is 0.427. The highest BCUT2D eigenvalue weighted by Gasteiger charge is 2.11. The number of nitrogens with one attached hydrogen (secondary N) is 1. The van der Waals surface area contributed by atoms with Gasteiger partial charge in [0.05, 0.1) is 11.6 Å². The minimum Gasteiger partial charge on any atom is -0.495 e. The van der Waals surface area contributed by atoms with Crippen molar-refractivity contribution >= 4 is 15.9 Å². The van der Waals surface area contributed by atoms with Crippen LogP contribution in [0.1, 0.15) is 16.7 Å². The summed E-state index contributed by atoms with van der Waals surface area (Å²) in [5.74, 6) is 0.829. The van der Waals surface area contributed by atoms with E-state index in [1.165, 1.54) is 0 Å². The summed E-state index contributed by atoms with van der Waals surface area (Å²) in [6.45, 7) is 4.39. The maximum atomic E-state index is 8.67. The van der Waals surface area contributed by atoms with Crippen LogP contribution < -0.4 is 10.2 Å². The van der Waals surface area contributed by atoms with Gasteiger partial charge in [-0.1, -0.05) is 6.07 Å². The molecule has 0 fully saturated rings. The fourth-order valence-corrected chi connectivity index (χ4v) is 2.01. The van der Waals surface area contributed by atoms with Crippen molar-refractivity contribution in [1.82, 2.24) is 5.48 Å². The fraction of sp³-hybridized carbons (Fsp3) is 0.400. The maximum Gasteiger partial charge on any atom is 0.136 e. The summed E-state index contributed by atoms with van der Waals surface area (Å²) >= 11 is 3.47. The summed E-state index contributed by atoms with van der Waals surface area (Å²) in [5, 5.41) is 8.67. The lowest BCUT2D eigenvalue weighted by Gasteiger charge is -2.14. The Bertz CT molecular complexity index is 339. The molecule has 0 aliphatic rings. The molecule has 0 aromatic heterocycles. The topological polar surface area (TPSA) is 41.5 Å². The van der Waals surface area contributed by atoms with Crippen molar-refractivity contribution in [2.24, 2.45) is 0 Å². The summed E-state index contributed by atoms with van der Waals surface area (Å²) in [7, 11) is 1.64. The molecule has 4 heteroatoms. The number of aryl methyl sites for hydroxylation is 1. The Labute approximate surface area is 92.2 Å². The predicted octanol–water partition coefficient (Wildman–Crippen LogP) is 2.55. The van der Waals surface area contributed by atoms with E-state index in [0.29, 0.717) is 6.54 Å². The van der Waals surface area contributed by atoms with E-state index in [2.05, 4.69) is 21.4 Å². The van der Waals surface area contributed by atoms with Crippen molar-refractivity contribution in [3.05, 3.63) is 27.2 Å². The van der Waals surface area contributed by atoms with Crippen LogP contribution in [0.25, 0.3) is 0 Å². The lowest BCUT2D eigenvalue weighted by atomic mass is 10.0. The molecule has 0 aliphatic heterocycles. The zero-order chi connectivity index (χ0) is 10.7. The molecule has 0 amide bonds. The molecular formula is C10H14BrNO2. The van der Waals surface area contributed by atoms with E-state index < -0.39 is 0 Å². The van der Waals surface area contributed by atoms with Gasteiger partial charge in [0.25, 0.3) is 0 Å². The van der Waals surface area contributed by atoms with Gasteiger partial charge in [0.2, 0.25) is 0 Å². The van der Waals surface area contributed by atoms with Crippen molar-refractivity contribution in [1.29, 1.82) is 0 Å². The molecule has 1 rings (SSSR count). The van der Waals surface area contributed by atoms with Gasteiger partial charge < -0.3 is 9.94 Å². The van der Waals surface area contributed by atoms with Crippen LogP contribution in [-0.4, -0.2) is 12.3 Å². The summed E-state index contributed by atoms with van der Waals surface area (Å²) in [6, 6.07) is 2.02. The third-order valence-electron chi connectivity index (χ3n) is 2.23. The summed E-state index contributed by atoms with van der Waals surface area (Å²) in [4.78, 5) is 0. The molecule has 2 N–H and O–H groups in total. The van der Waals surface area contributed by atoms with Gasteiger partial charge in [0, 0.05) is 6.54 Å². The van der Waals surface area contributed by atoms with E-state index in [-0.39, 0.29) is 0 Å². The highest BCUT2D eigenvalue weighted by atomic mass is 79.9. The third-order valence-corrected chi connectivity index (χ3v) is 3.22. The largest absolute Gasteiger partial charge is 0.495 e. The molecule has 0 radical (unpaired) electrons. The highest BCUT2D eigenvalue weighted by Crippen LogP contribution is 2.33. The van der Waals surface area contributed by atoms with Crippen LogP contribution >= 0.6 is 15.9 Å². The average molecular weight is 260 g/mol. The monoisotopic (exact) mass is 259 g/mol. The van der Waals surface area contributed by atoms with Gasteiger partial charge in [-0.2, -0.15) is 0 Å². The van der Waals surface area contributed by atoms with E-state index >= 15 is 0 Å². The van der Waals surface area contributed by atoms with Crippen LogP contribution in [0, 0.1) is 13.8 Å². The Morgan fingerprint density at radius 3 is 2.64 bits per heavy atom. The SMILES string of the molecule is COc1c(C)c(CNO)cc(C)c1Br. The van der Waals surface area contributed by atoms with Gasteiger partial charge in [-0.05, 0) is 46.5 Å². The second kappa shape index (κ2) is 4.77. The first-order valence-corrected chi connectivity index (χ1v) is 5.10. The van der Waals surface area contributed by atoms with E-state index in [1.54, 1.807) is 7.11 Å². The van der Waals surface area contributed by atoms with Crippen molar-refractivity contribution in [2.45, 2.75) is 20.4 Å². The number of hydrogen-bond acceptors (Lipinski definition) is 3. The third kappa shape index (κ3) is 2.08. The smallest absolute Gasteiger partial charge is 0.136 e. The van der Waals surface area contributed by atoms with Crippen LogP contribution in [0.3, 0.4) is 0 Å². The Hall–Kier alpha value is -0.580. The lowest BCUT2D eigenvalue weighted by molar-refractivity contribution is 0.161. The molecule has 0 aliphatic carbocycles. The number of methoxy groups -OCH3 is 1. The van der Waals surface area contributed by atoms with Gasteiger partial charge in [0.1, 0.15) is 5.75 Å². The van der Waals surface area contributed by atoms with Crippen molar-refractivity contribution < 1.29 is 9.94 Å². The van der Waals surface area contributed by atoms with Gasteiger partial charge >= 0.3 is 0 Å². The summed E-state index contributed by atoms with van der Waals surface area (Å²) < 4.78 is 6.26. The maximum absolute atomic E-state index is 8.67. The van der Waals surface area contributed by atoms with E-state index in [0.717, 1.165) is 26.9 Å². The molecule has 1 aromatic carbocycles. The second-order valence-corrected chi connectivity index (χ2v) is 3.95. The number of halogens is 1. The van der Waals surface area contributed by atoms with Crippen molar-refractivity contribution in [2.75, 3.05) is 7.11 Å². The standard InChI is InChI=1S/C10H14BrNO2/c1-6-4-8(5-12-13)7(2)10(14-3)9(6)11/h4,12-13H,5H2,1-3H3. The number of hydrogen-bond donors (Lipinski definition) is 2. The first kappa shape index (κ1) is 11.5. The Morgan fingerprint density at radius 1 is 1.50 bits per heavy atom. The molecule has 0 atom stereocenters. The summed E-state index contributed by atoms with van der Waals surface area (Å²) in [5.41, 5.74) is 5.31. The van der Waals surface area contributed by atoms with Gasteiger partial charge in [0.15, 0.2) is 0 Å². The first-order valence-electron chi connectivity index (χ1n) is 4.31. The molecule has 3 nitrogen and oxygen atoms in total. The molecule has 0 bridgehead atoms. The van der Waals surface area contributed by atoms with E-state index in [9.17, 15) is 0 Å². The Balaban J connectivity index is 3.27. The molecule has 78 valence electrons. The van der Waals surface area contributed by atoms with Crippen LogP contribution in [0.2, 0.25) is 0 Å². The number of ether oxygens (including phenoxy) is 1. The van der Waals surface area contributed by atoms with Gasteiger partial charge in [-0.25, -0.2) is 5.48 Å². The lowest BCUT2D eigenvalue weighted by Crippen LogP contribution is -2.08. The summed E-state index contributed by atoms with van der Waals surface area (Å²) in [6.07, 6.45) is 0. The molecule has 14 heavy (non-hydrogen) atoms. The van der Waals surface area contributed by atoms with E-state index in [1.807, 2.05) is 19.9 Å². The van der Waals surface area contributed by atoms with Crippen molar-refractivity contribution in [3.8, 4) is 5.75 Å². The van der Waals surface area contributed by atoms with Crippen LogP contribution in [-0.2, 0) is 6.54 Å². The highest BCUT2D eigenvalue weighted by molar-refractivity contribution is 9.10. The zero-order valence-corrected chi connectivity index (χ0v) is 10.1. The average Bonchev–Trinajstić information content (AvgIpc) is 2.16. The quantitative estimate of drug-likeness (QED) is 0.820. The Morgan fingerprint density at radius 2 is 2.14 bits per heavy atom. The second-order valence-electron chi connectivity index (χ2n) is 3.16. The fourth-order valence-electron chi connectivity index (χ4n) is 1.43. The first-order chi connectivity index (χ1) is 6.61. The van der Waals surface area contributed by atoms with Gasteiger partial charge in [-0.3, -0.25) is 0 Å². The number of rotatable bonds is 3. The molecule has 0 saturated carbocycles. The molecule has 0 heterocycles. The van der Waals surface area contributed by atoms with Gasteiger partial charge in [-0.15, -0.1) is 0 Å². The molecule has 1 aromatic rings. The van der Waals surface area contributed by atoms with Crippen LogP contribution in [0.5, 0.6) is 5.75 Å². The zero-order valence-electron chi connectivity index (χ0n) is 8.52. The van der Waals surface area contributed by atoms with Crippen LogP contribution in [0.4, 0.5) is 0 Å². The van der Waals surface area contributed by atoms with Crippen molar-refractivity contribution in [3.63, 3.8) is 0 Å². The van der Waals surface area contributed by atoms with Crippen LogP contribution in [0.15, 0.2) is 10.5 Å². The number of benzene rings is 1. The normalized spacial score (nSPS) is 10.4. The molecular weight excluding hydrogens is 246 g/mol. The molecule has 0 spiro atoms. The van der Waals surface area contributed by atoms with E-state index in [4.69, 9.17) is 9.94 Å². The minimum atomic E-state index is 0.427. The molecule has 0 unspecified atom stereocenters. The Kier molecular flexibility index (Phi) is 3.92. The molecule has 0 saturated heterocycles. The predicted molar refractivity (Wildman–Crippen MR) is 58.8 cm³/mol.